The molecule has 0 atom stereocenters. The SMILES string of the molecule is CC(C)(C)c1cc(CCCc2cc(C(C)(C)C)c(C(C)(C)C)cc2C(C)(C)C)c(C(C)(C)C)c(C(C)(C)C)c1. The average Bonchev–Trinajstić information content (AvgIpc) is 2.68. The van der Waals surface area contributed by atoms with Crippen molar-refractivity contribution in [1.82, 2.24) is 0 Å². The van der Waals surface area contributed by atoms with Gasteiger partial charge in [-0.25, -0.2) is 0 Å². The van der Waals surface area contributed by atoms with Crippen LogP contribution in [0.15, 0.2) is 24.3 Å². The van der Waals surface area contributed by atoms with Gasteiger partial charge >= 0.3 is 0 Å². The van der Waals surface area contributed by atoms with Crippen LogP contribution in [0.3, 0.4) is 0 Å². The zero-order chi connectivity index (χ0) is 30.6. The molecule has 0 spiro atoms. The summed E-state index contributed by atoms with van der Waals surface area (Å²) in [4.78, 5) is 0. The Labute approximate surface area is 244 Å². The summed E-state index contributed by atoms with van der Waals surface area (Å²) < 4.78 is 0. The van der Waals surface area contributed by atoms with Crippen molar-refractivity contribution in [3.63, 3.8) is 0 Å². The smallest absolute Gasteiger partial charge is 0.0126 e. The standard InChI is InChI=1S/C39H64/c1-34(2,3)28-22-27(33(39(16,17)18)32(24-28)38(13,14)15)21-19-20-26-23-30(36(7,8)9)31(37(10,11)12)25-29(26)35(4,5)6/h22-25H,19-21H2,1-18H3. The minimum atomic E-state index is 0.110. The molecule has 0 amide bonds. The molecule has 0 saturated heterocycles. The summed E-state index contributed by atoms with van der Waals surface area (Å²) in [7, 11) is 0. The van der Waals surface area contributed by atoms with Crippen LogP contribution in [0, 0.1) is 0 Å². The van der Waals surface area contributed by atoms with E-state index >= 15 is 0 Å². The Kier molecular flexibility index (Phi) is 9.22. The van der Waals surface area contributed by atoms with Gasteiger partial charge in [-0.2, -0.15) is 0 Å². The van der Waals surface area contributed by atoms with Crippen LogP contribution in [-0.4, -0.2) is 0 Å². The fourth-order valence-electron chi connectivity index (χ4n) is 6.07. The highest BCUT2D eigenvalue weighted by atomic mass is 14.4. The quantitative estimate of drug-likeness (QED) is 0.367. The Morgan fingerprint density at radius 2 is 0.769 bits per heavy atom. The maximum absolute atomic E-state index is 2.58. The summed E-state index contributed by atoms with van der Waals surface area (Å²) in [5, 5.41) is 0. The molecular weight excluding hydrogens is 468 g/mol. The Bertz CT molecular complexity index is 1140. The first-order chi connectivity index (χ1) is 17.1. The van der Waals surface area contributed by atoms with Gasteiger partial charge in [0.1, 0.15) is 0 Å². The minimum Gasteiger partial charge on any atom is -0.0561 e. The van der Waals surface area contributed by atoms with Crippen molar-refractivity contribution >= 4 is 0 Å². The van der Waals surface area contributed by atoms with Gasteiger partial charge in [0, 0.05) is 0 Å². The first-order valence-corrected chi connectivity index (χ1v) is 15.5. The molecular formula is C39H64. The highest BCUT2D eigenvalue weighted by Gasteiger charge is 2.31. The topological polar surface area (TPSA) is 0 Å². The molecule has 0 heterocycles. The second kappa shape index (κ2) is 10.7. The predicted molar refractivity (Wildman–Crippen MR) is 177 cm³/mol. The molecule has 0 heteroatoms. The van der Waals surface area contributed by atoms with Crippen LogP contribution in [-0.2, 0) is 45.3 Å². The van der Waals surface area contributed by atoms with Crippen molar-refractivity contribution in [3.8, 4) is 0 Å². The van der Waals surface area contributed by atoms with Crippen LogP contribution in [0.5, 0.6) is 0 Å². The van der Waals surface area contributed by atoms with Crippen LogP contribution in [0.4, 0.5) is 0 Å². The lowest BCUT2D eigenvalue weighted by Crippen LogP contribution is -2.26. The predicted octanol–water partition coefficient (Wildman–Crippen LogP) is 11.6. The summed E-state index contributed by atoms with van der Waals surface area (Å²) in [6.07, 6.45) is 3.41. The molecule has 0 aliphatic rings. The first kappa shape index (κ1) is 33.6. The van der Waals surface area contributed by atoms with Gasteiger partial charge in [-0.1, -0.05) is 149 Å². The fourth-order valence-corrected chi connectivity index (χ4v) is 6.07. The molecule has 0 nitrogen and oxygen atoms in total. The van der Waals surface area contributed by atoms with Gasteiger partial charge in [0.2, 0.25) is 0 Å². The van der Waals surface area contributed by atoms with E-state index in [0.717, 1.165) is 12.8 Å². The Morgan fingerprint density at radius 3 is 1.15 bits per heavy atom. The number of rotatable bonds is 4. The van der Waals surface area contributed by atoms with Crippen LogP contribution in [0.1, 0.15) is 176 Å². The van der Waals surface area contributed by atoms with Gasteiger partial charge in [0.05, 0.1) is 0 Å². The maximum atomic E-state index is 2.58. The molecule has 2 rings (SSSR count). The molecule has 2 aromatic carbocycles. The largest absolute Gasteiger partial charge is 0.0561 e. The third-order valence-corrected chi connectivity index (χ3v) is 8.20. The minimum absolute atomic E-state index is 0.110. The molecule has 220 valence electrons. The highest BCUT2D eigenvalue weighted by molar-refractivity contribution is 5.49. The monoisotopic (exact) mass is 533 g/mol. The van der Waals surface area contributed by atoms with Crippen molar-refractivity contribution < 1.29 is 0 Å². The van der Waals surface area contributed by atoms with E-state index in [9.17, 15) is 0 Å². The normalized spacial score (nSPS) is 14.2. The molecule has 0 unspecified atom stereocenters. The Balaban J connectivity index is 2.67. The van der Waals surface area contributed by atoms with Crippen molar-refractivity contribution in [2.45, 2.75) is 176 Å². The van der Waals surface area contributed by atoms with E-state index < -0.39 is 0 Å². The summed E-state index contributed by atoms with van der Waals surface area (Å²) in [5.41, 5.74) is 12.9. The lowest BCUT2D eigenvalue weighted by Gasteiger charge is -2.35. The third-order valence-electron chi connectivity index (χ3n) is 8.20. The van der Waals surface area contributed by atoms with Crippen LogP contribution >= 0.6 is 0 Å². The lowest BCUT2D eigenvalue weighted by atomic mass is 9.69. The summed E-state index contributed by atoms with van der Waals surface area (Å²) >= 11 is 0. The average molecular weight is 533 g/mol. The zero-order valence-electron chi connectivity index (χ0n) is 29.4. The molecule has 0 radical (unpaired) electrons. The van der Waals surface area contributed by atoms with Crippen molar-refractivity contribution in [2.24, 2.45) is 0 Å². The molecule has 2 aromatic rings. The number of hydrogen-bond acceptors (Lipinski definition) is 0. The second-order valence-corrected chi connectivity index (χ2v) is 18.5. The van der Waals surface area contributed by atoms with Gasteiger partial charge in [-0.3, -0.25) is 0 Å². The summed E-state index contributed by atoms with van der Waals surface area (Å²) in [6.45, 7) is 42.8. The van der Waals surface area contributed by atoms with Crippen molar-refractivity contribution in [3.05, 3.63) is 68.8 Å². The van der Waals surface area contributed by atoms with E-state index in [2.05, 4.69) is 149 Å². The fraction of sp³-hybridized carbons (Fsp3) is 0.692. The number of benzene rings is 2. The van der Waals surface area contributed by atoms with E-state index in [1.165, 1.54) is 34.2 Å². The zero-order valence-corrected chi connectivity index (χ0v) is 29.4. The van der Waals surface area contributed by atoms with Crippen LogP contribution < -0.4 is 0 Å². The molecule has 0 aromatic heterocycles. The molecule has 0 bridgehead atoms. The molecule has 0 aliphatic heterocycles. The van der Waals surface area contributed by atoms with Gasteiger partial charge in [-0.05, 0) is 96.3 Å². The Hall–Kier alpha value is -1.56. The van der Waals surface area contributed by atoms with Crippen LogP contribution in [0.2, 0.25) is 0 Å². The molecule has 39 heavy (non-hydrogen) atoms. The molecule has 0 saturated carbocycles. The first-order valence-electron chi connectivity index (χ1n) is 15.5. The second-order valence-electron chi connectivity index (χ2n) is 18.5. The third kappa shape index (κ3) is 8.24. The highest BCUT2D eigenvalue weighted by Crippen LogP contribution is 2.42. The molecule has 0 N–H and O–H groups in total. The van der Waals surface area contributed by atoms with Gasteiger partial charge in [0.25, 0.3) is 0 Å². The maximum Gasteiger partial charge on any atom is -0.0126 e. The van der Waals surface area contributed by atoms with Gasteiger partial charge in [0.15, 0.2) is 0 Å². The summed E-state index contributed by atoms with van der Waals surface area (Å²) in [5.74, 6) is 0. The van der Waals surface area contributed by atoms with Crippen molar-refractivity contribution in [1.29, 1.82) is 0 Å². The summed E-state index contributed by atoms with van der Waals surface area (Å²) in [6, 6.07) is 10.2. The van der Waals surface area contributed by atoms with Crippen LogP contribution in [0.25, 0.3) is 0 Å². The van der Waals surface area contributed by atoms with E-state index in [1.807, 2.05) is 0 Å². The van der Waals surface area contributed by atoms with Gasteiger partial charge < -0.3 is 0 Å². The van der Waals surface area contributed by atoms with E-state index in [4.69, 9.17) is 0 Å². The van der Waals surface area contributed by atoms with E-state index in [-0.39, 0.29) is 32.5 Å². The van der Waals surface area contributed by atoms with Crippen molar-refractivity contribution in [2.75, 3.05) is 0 Å². The molecule has 0 fully saturated rings. The van der Waals surface area contributed by atoms with E-state index in [0.29, 0.717) is 0 Å². The van der Waals surface area contributed by atoms with Gasteiger partial charge in [-0.15, -0.1) is 0 Å². The number of hydrogen-bond donors (Lipinski definition) is 0. The lowest BCUT2D eigenvalue weighted by molar-refractivity contribution is 0.514. The Morgan fingerprint density at radius 1 is 0.359 bits per heavy atom. The number of aryl methyl sites for hydroxylation is 2. The molecule has 0 aliphatic carbocycles. The van der Waals surface area contributed by atoms with E-state index in [1.54, 1.807) is 16.7 Å².